The van der Waals surface area contributed by atoms with Gasteiger partial charge in [0.05, 0.1) is 0 Å². The van der Waals surface area contributed by atoms with Crippen LogP contribution in [0.3, 0.4) is 0 Å². The highest BCUT2D eigenvalue weighted by Gasteiger charge is 2.35. The number of nitrogens with two attached hydrogens (primary N) is 1. The summed E-state index contributed by atoms with van der Waals surface area (Å²) >= 11 is 0. The molecule has 1 amide bonds. The highest BCUT2D eigenvalue weighted by atomic mass is 35.5. The molecule has 3 nitrogen and oxygen atoms in total. The second-order valence-corrected chi connectivity index (χ2v) is 5.59. The van der Waals surface area contributed by atoms with Gasteiger partial charge in [0.25, 0.3) is 5.91 Å². The second-order valence-electron chi connectivity index (χ2n) is 5.59. The minimum Gasteiger partial charge on any atom is -0.349 e. The van der Waals surface area contributed by atoms with E-state index in [4.69, 9.17) is 5.73 Å². The molecule has 2 saturated carbocycles. The van der Waals surface area contributed by atoms with Crippen LogP contribution in [0.15, 0.2) is 24.3 Å². The summed E-state index contributed by atoms with van der Waals surface area (Å²) < 4.78 is 0. The molecule has 2 atom stereocenters. The van der Waals surface area contributed by atoms with Gasteiger partial charge in [-0.25, -0.2) is 0 Å². The Bertz CT molecular complexity index is 457. The molecule has 0 aliphatic heterocycles. The number of nitrogens with one attached hydrogen (secondary N) is 1. The summed E-state index contributed by atoms with van der Waals surface area (Å²) in [7, 11) is 0. The Labute approximate surface area is 120 Å². The SMILES string of the molecule is Cl.NC1CC1c1cccc(C(=O)NC2CCCC2)c1. The molecule has 0 heterocycles. The van der Waals surface area contributed by atoms with Crippen molar-refractivity contribution in [3.05, 3.63) is 35.4 Å². The summed E-state index contributed by atoms with van der Waals surface area (Å²) in [4.78, 5) is 12.1. The number of rotatable bonds is 3. The number of carbonyl (C=O) groups excluding carboxylic acids is 1. The van der Waals surface area contributed by atoms with Gasteiger partial charge in [0.15, 0.2) is 0 Å². The Morgan fingerprint density at radius 3 is 2.58 bits per heavy atom. The molecule has 0 saturated heterocycles. The largest absolute Gasteiger partial charge is 0.349 e. The lowest BCUT2D eigenvalue weighted by Crippen LogP contribution is -2.32. The number of hydrogen-bond donors (Lipinski definition) is 2. The van der Waals surface area contributed by atoms with Gasteiger partial charge in [-0.2, -0.15) is 0 Å². The van der Waals surface area contributed by atoms with Crippen molar-refractivity contribution in [2.75, 3.05) is 0 Å². The predicted octanol–water partition coefficient (Wildman–Crippen LogP) is 2.60. The van der Waals surface area contributed by atoms with Crippen molar-refractivity contribution in [1.82, 2.24) is 5.32 Å². The molecular formula is C15H21ClN2O. The van der Waals surface area contributed by atoms with E-state index in [9.17, 15) is 4.79 Å². The first-order valence-corrected chi connectivity index (χ1v) is 6.90. The van der Waals surface area contributed by atoms with Crippen LogP contribution in [0.25, 0.3) is 0 Å². The summed E-state index contributed by atoms with van der Waals surface area (Å²) in [6, 6.07) is 8.60. The van der Waals surface area contributed by atoms with Gasteiger partial charge in [0, 0.05) is 23.6 Å². The average Bonchev–Trinajstić information content (AvgIpc) is 2.89. The standard InChI is InChI=1S/C15H20N2O.ClH/c16-14-9-13(14)10-4-3-5-11(8-10)15(18)17-12-6-1-2-7-12;/h3-5,8,12-14H,1-2,6-7,9,16H2,(H,17,18);1H. The lowest BCUT2D eigenvalue weighted by molar-refractivity contribution is 0.0938. The first-order valence-electron chi connectivity index (χ1n) is 6.90. The van der Waals surface area contributed by atoms with Crippen molar-refractivity contribution < 1.29 is 4.79 Å². The zero-order valence-corrected chi connectivity index (χ0v) is 11.8. The molecule has 2 aliphatic rings. The fourth-order valence-corrected chi connectivity index (χ4v) is 2.85. The second kappa shape index (κ2) is 5.93. The zero-order valence-electron chi connectivity index (χ0n) is 11.0. The maximum absolute atomic E-state index is 12.1. The van der Waals surface area contributed by atoms with Gasteiger partial charge < -0.3 is 11.1 Å². The number of amides is 1. The summed E-state index contributed by atoms with van der Waals surface area (Å²) in [5, 5.41) is 3.12. The topological polar surface area (TPSA) is 55.1 Å². The van der Waals surface area contributed by atoms with Crippen LogP contribution >= 0.6 is 12.4 Å². The first kappa shape index (κ1) is 14.4. The van der Waals surface area contributed by atoms with E-state index in [1.54, 1.807) is 0 Å². The van der Waals surface area contributed by atoms with E-state index < -0.39 is 0 Å². The van der Waals surface area contributed by atoms with Gasteiger partial charge in [-0.15, -0.1) is 12.4 Å². The smallest absolute Gasteiger partial charge is 0.251 e. The van der Waals surface area contributed by atoms with Crippen molar-refractivity contribution in [2.45, 2.75) is 50.1 Å². The monoisotopic (exact) mass is 280 g/mol. The van der Waals surface area contributed by atoms with Crippen molar-refractivity contribution in [2.24, 2.45) is 5.73 Å². The van der Waals surface area contributed by atoms with Crippen molar-refractivity contribution in [3.8, 4) is 0 Å². The van der Waals surface area contributed by atoms with Crippen LogP contribution < -0.4 is 11.1 Å². The fraction of sp³-hybridized carbons (Fsp3) is 0.533. The number of benzene rings is 1. The van der Waals surface area contributed by atoms with Crippen LogP contribution in [0, 0.1) is 0 Å². The molecule has 3 N–H and O–H groups in total. The van der Waals surface area contributed by atoms with Crippen LogP contribution in [-0.2, 0) is 0 Å². The molecule has 2 aliphatic carbocycles. The number of hydrogen-bond acceptors (Lipinski definition) is 2. The molecule has 0 aromatic heterocycles. The molecule has 1 aromatic carbocycles. The Morgan fingerprint density at radius 2 is 1.95 bits per heavy atom. The maximum atomic E-state index is 12.1. The molecule has 0 bridgehead atoms. The van der Waals surface area contributed by atoms with Gasteiger partial charge in [0.1, 0.15) is 0 Å². The Balaban J connectivity index is 0.00000133. The van der Waals surface area contributed by atoms with Crippen LogP contribution in [0.2, 0.25) is 0 Å². The molecule has 3 rings (SSSR count). The molecule has 0 radical (unpaired) electrons. The Hall–Kier alpha value is -1.06. The third kappa shape index (κ3) is 3.28. The number of carbonyl (C=O) groups is 1. The van der Waals surface area contributed by atoms with E-state index in [0.717, 1.165) is 24.8 Å². The quantitative estimate of drug-likeness (QED) is 0.894. The van der Waals surface area contributed by atoms with Crippen LogP contribution in [0.4, 0.5) is 0 Å². The zero-order chi connectivity index (χ0) is 12.5. The first-order chi connectivity index (χ1) is 8.74. The summed E-state index contributed by atoms with van der Waals surface area (Å²) in [6.07, 6.45) is 5.77. The lowest BCUT2D eigenvalue weighted by atomic mass is 10.1. The van der Waals surface area contributed by atoms with Gasteiger partial charge in [-0.3, -0.25) is 4.79 Å². The van der Waals surface area contributed by atoms with Crippen molar-refractivity contribution in [3.63, 3.8) is 0 Å². The van der Waals surface area contributed by atoms with E-state index in [0.29, 0.717) is 12.0 Å². The number of halogens is 1. The van der Waals surface area contributed by atoms with E-state index in [-0.39, 0.29) is 24.4 Å². The molecule has 19 heavy (non-hydrogen) atoms. The van der Waals surface area contributed by atoms with Gasteiger partial charge in [-0.05, 0) is 37.0 Å². The van der Waals surface area contributed by atoms with Crippen molar-refractivity contribution >= 4 is 18.3 Å². The molecule has 1 aromatic rings. The third-order valence-electron chi connectivity index (χ3n) is 4.11. The molecule has 104 valence electrons. The highest BCUT2D eigenvalue weighted by Crippen LogP contribution is 2.39. The molecule has 2 fully saturated rings. The van der Waals surface area contributed by atoms with Crippen LogP contribution in [0.1, 0.15) is 53.9 Å². The van der Waals surface area contributed by atoms with E-state index in [2.05, 4.69) is 11.4 Å². The van der Waals surface area contributed by atoms with Crippen LogP contribution in [0.5, 0.6) is 0 Å². The third-order valence-corrected chi connectivity index (χ3v) is 4.11. The Morgan fingerprint density at radius 1 is 1.26 bits per heavy atom. The van der Waals surface area contributed by atoms with Crippen LogP contribution in [-0.4, -0.2) is 18.0 Å². The van der Waals surface area contributed by atoms with Gasteiger partial charge >= 0.3 is 0 Å². The molecular weight excluding hydrogens is 260 g/mol. The van der Waals surface area contributed by atoms with E-state index in [1.807, 2.05) is 18.2 Å². The van der Waals surface area contributed by atoms with Gasteiger partial charge in [0.2, 0.25) is 0 Å². The summed E-state index contributed by atoms with van der Waals surface area (Å²) in [6.45, 7) is 0. The average molecular weight is 281 g/mol. The fourth-order valence-electron chi connectivity index (χ4n) is 2.85. The molecule has 4 heteroatoms. The van der Waals surface area contributed by atoms with Gasteiger partial charge in [-0.1, -0.05) is 25.0 Å². The maximum Gasteiger partial charge on any atom is 0.251 e. The van der Waals surface area contributed by atoms with E-state index >= 15 is 0 Å². The summed E-state index contributed by atoms with van der Waals surface area (Å²) in [5.41, 5.74) is 7.84. The minimum absolute atomic E-state index is 0. The normalized spacial score (nSPS) is 25.7. The highest BCUT2D eigenvalue weighted by molar-refractivity contribution is 5.94. The molecule has 2 unspecified atom stereocenters. The Kier molecular flexibility index (Phi) is 4.48. The van der Waals surface area contributed by atoms with Crippen molar-refractivity contribution in [1.29, 1.82) is 0 Å². The predicted molar refractivity (Wildman–Crippen MR) is 78.7 cm³/mol. The summed E-state index contributed by atoms with van der Waals surface area (Å²) in [5.74, 6) is 0.530. The minimum atomic E-state index is 0. The van der Waals surface area contributed by atoms with E-state index in [1.165, 1.54) is 18.4 Å². The molecule has 0 spiro atoms. The lowest BCUT2D eigenvalue weighted by Gasteiger charge is -2.12.